The molecule has 0 bridgehead atoms. The van der Waals surface area contributed by atoms with Crippen LogP contribution in [0.5, 0.6) is 0 Å². The Morgan fingerprint density at radius 3 is 2.29 bits per heavy atom. The summed E-state index contributed by atoms with van der Waals surface area (Å²) in [4.78, 5) is 68.4. The first kappa shape index (κ1) is 32.0. The number of hydrogen-bond acceptors (Lipinski definition) is 6. The molecule has 10 nitrogen and oxygen atoms in total. The molecule has 0 radical (unpaired) electrons. The monoisotopic (exact) mass is 586 g/mol. The average molecular weight is 587 g/mol. The first-order valence-electron chi connectivity index (χ1n) is 15.8. The Morgan fingerprint density at radius 1 is 1.02 bits per heavy atom. The highest BCUT2D eigenvalue weighted by Gasteiger charge is 2.69. The lowest BCUT2D eigenvalue weighted by atomic mass is 9.83. The predicted molar refractivity (Wildman–Crippen MR) is 158 cm³/mol. The fourth-order valence-corrected chi connectivity index (χ4v) is 7.02. The summed E-state index contributed by atoms with van der Waals surface area (Å²) in [6.45, 7) is 13.7. The molecule has 1 saturated heterocycles. The number of fused-ring (bicyclic) bond motifs is 1. The van der Waals surface area contributed by atoms with Gasteiger partial charge in [0, 0.05) is 13.1 Å². The molecule has 10 heteroatoms. The summed E-state index contributed by atoms with van der Waals surface area (Å²) in [5.74, 6) is -1.58. The topological polar surface area (TPSA) is 134 Å². The molecule has 0 aromatic rings. The Balaban J connectivity index is 1.54. The van der Waals surface area contributed by atoms with Gasteiger partial charge >= 0.3 is 6.09 Å². The molecule has 0 spiro atoms. The molecule has 0 aromatic carbocycles. The highest BCUT2D eigenvalue weighted by molar-refractivity contribution is 6.38. The van der Waals surface area contributed by atoms with Crippen molar-refractivity contribution in [2.45, 2.75) is 116 Å². The molecule has 4 rings (SSSR count). The zero-order valence-corrected chi connectivity index (χ0v) is 26.0. The number of rotatable bonds is 12. The van der Waals surface area contributed by atoms with Gasteiger partial charge in [0.15, 0.2) is 0 Å². The van der Waals surface area contributed by atoms with Gasteiger partial charge < -0.3 is 25.6 Å². The molecule has 0 aromatic heterocycles. The maximum Gasteiger partial charge on any atom is 0.408 e. The Hall–Kier alpha value is -2.91. The molecule has 42 heavy (non-hydrogen) atoms. The van der Waals surface area contributed by atoms with Crippen LogP contribution in [0.4, 0.5) is 4.79 Å². The van der Waals surface area contributed by atoms with E-state index in [4.69, 9.17) is 4.74 Å². The van der Waals surface area contributed by atoms with Gasteiger partial charge in [0.2, 0.25) is 17.6 Å². The van der Waals surface area contributed by atoms with Gasteiger partial charge in [-0.2, -0.15) is 0 Å². The van der Waals surface area contributed by atoms with Crippen LogP contribution in [-0.4, -0.2) is 71.3 Å². The number of nitrogens with one attached hydrogen (secondary N) is 3. The van der Waals surface area contributed by atoms with Crippen LogP contribution in [0.15, 0.2) is 12.7 Å². The summed E-state index contributed by atoms with van der Waals surface area (Å²) < 4.78 is 5.51. The van der Waals surface area contributed by atoms with Crippen molar-refractivity contribution < 1.29 is 28.7 Å². The van der Waals surface area contributed by atoms with Crippen molar-refractivity contribution in [2.24, 2.45) is 29.1 Å². The summed E-state index contributed by atoms with van der Waals surface area (Å²) >= 11 is 0. The van der Waals surface area contributed by atoms with Crippen molar-refractivity contribution >= 4 is 29.6 Å². The number of alkyl carbamates (subject to hydrolysis) is 1. The lowest BCUT2D eigenvalue weighted by Gasteiger charge is -2.37. The van der Waals surface area contributed by atoms with Gasteiger partial charge in [-0.25, -0.2) is 4.79 Å². The summed E-state index contributed by atoms with van der Waals surface area (Å²) in [6, 6.07) is -2.54. The molecule has 4 fully saturated rings. The maximum absolute atomic E-state index is 14.2. The SMILES string of the molecule is C=CCNC(=O)C(=O)C(CCC1CC1)NC(=O)[C@@H]1[C@@H]2[C@H](CN1C(=O)[C@@H](NC(=O)OC(C)(C)C)C1CCCCC1)C2(C)C. The summed E-state index contributed by atoms with van der Waals surface area (Å²) in [5.41, 5.74) is -0.849. The molecular weight excluding hydrogens is 536 g/mol. The Labute approximate surface area is 250 Å². The smallest absolute Gasteiger partial charge is 0.408 e. The molecule has 4 amide bonds. The molecule has 4 aliphatic rings. The minimum absolute atomic E-state index is 0.0474. The van der Waals surface area contributed by atoms with Gasteiger partial charge in [-0.3, -0.25) is 19.2 Å². The fourth-order valence-electron chi connectivity index (χ4n) is 7.02. The molecule has 5 atom stereocenters. The molecule has 3 N–H and O–H groups in total. The molecule has 3 saturated carbocycles. The van der Waals surface area contributed by atoms with E-state index in [1.807, 2.05) is 0 Å². The van der Waals surface area contributed by atoms with Crippen molar-refractivity contribution in [3.8, 4) is 0 Å². The van der Waals surface area contributed by atoms with E-state index < -0.39 is 47.4 Å². The summed E-state index contributed by atoms with van der Waals surface area (Å²) in [6.07, 6.45) is 8.83. The van der Waals surface area contributed by atoms with E-state index in [1.165, 1.54) is 6.08 Å². The van der Waals surface area contributed by atoms with Gasteiger partial charge in [-0.15, -0.1) is 6.58 Å². The van der Waals surface area contributed by atoms with Crippen LogP contribution in [0.3, 0.4) is 0 Å². The summed E-state index contributed by atoms with van der Waals surface area (Å²) in [7, 11) is 0. The zero-order valence-electron chi connectivity index (χ0n) is 26.0. The van der Waals surface area contributed by atoms with Crippen LogP contribution in [0.2, 0.25) is 0 Å². The van der Waals surface area contributed by atoms with Crippen LogP contribution in [0, 0.1) is 29.1 Å². The number of amides is 4. The van der Waals surface area contributed by atoms with Crippen LogP contribution >= 0.6 is 0 Å². The fraction of sp³-hybridized carbons (Fsp3) is 0.781. The number of ether oxygens (including phenoxy) is 1. The third-order valence-electron chi connectivity index (χ3n) is 9.64. The van der Waals surface area contributed by atoms with Crippen molar-refractivity contribution in [1.82, 2.24) is 20.9 Å². The zero-order chi connectivity index (χ0) is 30.8. The van der Waals surface area contributed by atoms with Crippen molar-refractivity contribution in [3.05, 3.63) is 12.7 Å². The molecule has 1 unspecified atom stereocenters. The van der Waals surface area contributed by atoms with E-state index in [9.17, 15) is 24.0 Å². The molecule has 1 heterocycles. The molecule has 234 valence electrons. The third-order valence-corrected chi connectivity index (χ3v) is 9.64. The standard InChI is InChI=1S/C32H50N4O6/c1-7-17-33-28(39)26(37)22(16-15-19-13-14-19)34-27(38)25-23-21(32(23,5)6)18-36(25)29(40)24(20-11-9-8-10-12-20)35-30(41)42-31(2,3)4/h7,19-25H,1,8-18H2,2-6H3,(H,33,39)(H,34,38)(H,35,41)/t21-,22?,23-,24-,25-/m0/s1. The van der Waals surface area contributed by atoms with E-state index in [1.54, 1.807) is 25.7 Å². The van der Waals surface area contributed by atoms with Crippen LogP contribution in [0.1, 0.15) is 92.4 Å². The number of carbonyl (C=O) groups excluding carboxylic acids is 5. The normalized spacial score (nSPS) is 26.3. The van der Waals surface area contributed by atoms with E-state index in [-0.39, 0.29) is 35.6 Å². The van der Waals surface area contributed by atoms with Gasteiger partial charge in [-0.1, -0.05) is 52.0 Å². The quantitative estimate of drug-likeness (QED) is 0.237. The second-order valence-electron chi connectivity index (χ2n) is 14.4. The van der Waals surface area contributed by atoms with E-state index >= 15 is 0 Å². The van der Waals surface area contributed by atoms with Crippen LogP contribution in [-0.2, 0) is 23.9 Å². The second-order valence-corrected chi connectivity index (χ2v) is 14.4. The summed E-state index contributed by atoms with van der Waals surface area (Å²) in [5, 5.41) is 8.28. The minimum Gasteiger partial charge on any atom is -0.444 e. The highest BCUT2D eigenvalue weighted by Crippen LogP contribution is 2.65. The highest BCUT2D eigenvalue weighted by atomic mass is 16.6. The molecular formula is C32H50N4O6. The van der Waals surface area contributed by atoms with E-state index in [0.29, 0.717) is 18.9 Å². The first-order valence-corrected chi connectivity index (χ1v) is 15.8. The lowest BCUT2D eigenvalue weighted by molar-refractivity contribution is -0.145. The molecule has 3 aliphatic carbocycles. The first-order chi connectivity index (χ1) is 19.7. The van der Waals surface area contributed by atoms with Crippen LogP contribution < -0.4 is 16.0 Å². The number of nitrogens with zero attached hydrogens (tertiary/aromatic N) is 1. The second kappa shape index (κ2) is 12.8. The number of Topliss-reactive ketones (excluding diaryl/α,β-unsaturated/α-hetero) is 1. The van der Waals surface area contributed by atoms with E-state index in [2.05, 4.69) is 36.4 Å². The Morgan fingerprint density at radius 2 is 1.69 bits per heavy atom. The third kappa shape index (κ3) is 7.53. The molecule has 1 aliphatic heterocycles. The number of ketones is 1. The van der Waals surface area contributed by atoms with Crippen LogP contribution in [0.25, 0.3) is 0 Å². The van der Waals surface area contributed by atoms with Gasteiger partial charge in [0.1, 0.15) is 17.7 Å². The van der Waals surface area contributed by atoms with E-state index in [0.717, 1.165) is 51.4 Å². The lowest BCUT2D eigenvalue weighted by Crippen LogP contribution is -2.59. The maximum atomic E-state index is 14.2. The Bertz CT molecular complexity index is 1070. The van der Waals surface area contributed by atoms with Crippen molar-refractivity contribution in [1.29, 1.82) is 0 Å². The number of hydrogen-bond donors (Lipinski definition) is 3. The predicted octanol–water partition coefficient (Wildman–Crippen LogP) is 3.49. The van der Waals surface area contributed by atoms with Crippen molar-refractivity contribution in [2.75, 3.05) is 13.1 Å². The van der Waals surface area contributed by atoms with Gasteiger partial charge in [0.05, 0.1) is 6.04 Å². The van der Waals surface area contributed by atoms with Gasteiger partial charge in [0.25, 0.3) is 5.91 Å². The van der Waals surface area contributed by atoms with Crippen molar-refractivity contribution in [3.63, 3.8) is 0 Å². The Kier molecular flexibility index (Phi) is 9.72. The average Bonchev–Trinajstić information content (AvgIpc) is 3.79. The minimum atomic E-state index is -0.963. The van der Waals surface area contributed by atoms with Gasteiger partial charge in [-0.05, 0) is 75.5 Å². The number of piperidine rings is 1. The largest absolute Gasteiger partial charge is 0.444 e. The number of carbonyl (C=O) groups is 5. The number of likely N-dealkylation sites (tertiary alicyclic amines) is 1.